The zero-order chi connectivity index (χ0) is 18.2. The van der Waals surface area contributed by atoms with E-state index in [9.17, 15) is 0 Å². The average Bonchev–Trinajstić information content (AvgIpc) is 3.10. The molecular weight excluding hydrogens is 316 g/mol. The number of anilines is 1. The summed E-state index contributed by atoms with van der Waals surface area (Å²) in [4.78, 5) is 9.40. The van der Waals surface area contributed by atoms with Gasteiger partial charge in [0.1, 0.15) is 23.1 Å². The summed E-state index contributed by atoms with van der Waals surface area (Å²) in [6.45, 7) is 11.2. The first-order chi connectivity index (χ1) is 11.7. The molecule has 0 fully saturated rings. The van der Waals surface area contributed by atoms with Crippen molar-refractivity contribution in [3.05, 3.63) is 29.5 Å². The summed E-state index contributed by atoms with van der Waals surface area (Å²) in [7, 11) is 1.89. The lowest BCUT2D eigenvalue weighted by molar-refractivity contribution is 0.364. The maximum absolute atomic E-state index is 5.39. The Bertz CT molecular complexity index is 871. The van der Waals surface area contributed by atoms with Gasteiger partial charge in [0, 0.05) is 24.9 Å². The summed E-state index contributed by atoms with van der Waals surface area (Å²) in [6, 6.07) is 2.00. The molecule has 0 unspecified atom stereocenters. The molecule has 1 N–H and O–H groups in total. The van der Waals surface area contributed by atoms with Crippen LogP contribution < -0.4 is 5.32 Å². The van der Waals surface area contributed by atoms with Gasteiger partial charge in [0.05, 0.1) is 18.1 Å². The molecule has 134 valence electrons. The number of aryl methyl sites for hydroxylation is 1. The van der Waals surface area contributed by atoms with E-state index in [0.29, 0.717) is 12.5 Å². The van der Waals surface area contributed by atoms with Crippen LogP contribution in [0, 0.1) is 5.92 Å². The first-order valence-corrected chi connectivity index (χ1v) is 8.62. The predicted octanol–water partition coefficient (Wildman–Crippen LogP) is 3.46. The van der Waals surface area contributed by atoms with Gasteiger partial charge in [-0.1, -0.05) is 39.8 Å². The SMILES string of the molecule is CC(C)Cc1cc(CNc2nc(C(C)(C)C)nc3c2cnn3C)no1. The molecule has 0 amide bonds. The Morgan fingerprint density at radius 3 is 2.68 bits per heavy atom. The zero-order valence-corrected chi connectivity index (χ0v) is 15.8. The van der Waals surface area contributed by atoms with Crippen molar-refractivity contribution >= 4 is 16.9 Å². The van der Waals surface area contributed by atoms with Gasteiger partial charge in [-0.3, -0.25) is 4.68 Å². The third-order valence-corrected chi connectivity index (χ3v) is 3.92. The summed E-state index contributed by atoms with van der Waals surface area (Å²) in [5.74, 6) is 3.01. The van der Waals surface area contributed by atoms with E-state index in [1.807, 2.05) is 13.1 Å². The molecule has 0 atom stereocenters. The molecule has 3 aromatic rings. The lowest BCUT2D eigenvalue weighted by Gasteiger charge is -2.18. The van der Waals surface area contributed by atoms with Crippen molar-refractivity contribution in [2.24, 2.45) is 13.0 Å². The molecule has 0 bridgehead atoms. The van der Waals surface area contributed by atoms with E-state index in [4.69, 9.17) is 9.51 Å². The second kappa shape index (κ2) is 6.46. The Morgan fingerprint density at radius 1 is 1.24 bits per heavy atom. The number of fused-ring (bicyclic) bond motifs is 1. The Morgan fingerprint density at radius 2 is 2.00 bits per heavy atom. The smallest absolute Gasteiger partial charge is 0.163 e. The van der Waals surface area contributed by atoms with Crippen LogP contribution in [0.3, 0.4) is 0 Å². The van der Waals surface area contributed by atoms with Crippen molar-refractivity contribution in [3.8, 4) is 0 Å². The summed E-state index contributed by atoms with van der Waals surface area (Å²) in [6.07, 6.45) is 2.68. The largest absolute Gasteiger partial charge is 0.364 e. The molecule has 0 aliphatic heterocycles. The fraction of sp³-hybridized carbons (Fsp3) is 0.556. The summed E-state index contributed by atoms with van der Waals surface area (Å²) >= 11 is 0. The highest BCUT2D eigenvalue weighted by Crippen LogP contribution is 2.26. The van der Waals surface area contributed by atoms with Gasteiger partial charge in [0.25, 0.3) is 0 Å². The van der Waals surface area contributed by atoms with Crippen LogP contribution in [0.15, 0.2) is 16.8 Å². The highest BCUT2D eigenvalue weighted by atomic mass is 16.5. The number of nitrogens with zero attached hydrogens (tertiary/aromatic N) is 5. The average molecular weight is 342 g/mol. The van der Waals surface area contributed by atoms with Crippen molar-refractivity contribution in [1.29, 1.82) is 0 Å². The molecule has 3 heterocycles. The Kier molecular flexibility index (Phi) is 4.49. The molecule has 3 rings (SSSR count). The minimum Gasteiger partial charge on any atom is -0.364 e. The topological polar surface area (TPSA) is 81.7 Å². The van der Waals surface area contributed by atoms with E-state index in [-0.39, 0.29) is 5.41 Å². The van der Waals surface area contributed by atoms with Gasteiger partial charge < -0.3 is 9.84 Å². The number of hydrogen-bond acceptors (Lipinski definition) is 6. The first kappa shape index (κ1) is 17.4. The summed E-state index contributed by atoms with van der Waals surface area (Å²) in [5, 5.41) is 12.7. The fourth-order valence-corrected chi connectivity index (χ4v) is 2.60. The van der Waals surface area contributed by atoms with Gasteiger partial charge in [-0.05, 0) is 5.92 Å². The zero-order valence-electron chi connectivity index (χ0n) is 15.8. The van der Waals surface area contributed by atoms with Crippen LogP contribution in [0.1, 0.15) is 51.9 Å². The van der Waals surface area contributed by atoms with Crippen LogP contribution in [0.25, 0.3) is 11.0 Å². The van der Waals surface area contributed by atoms with Gasteiger partial charge in [-0.2, -0.15) is 5.10 Å². The van der Waals surface area contributed by atoms with Crippen molar-refractivity contribution < 1.29 is 4.52 Å². The minimum atomic E-state index is -0.146. The normalized spacial score (nSPS) is 12.3. The molecule has 7 heteroatoms. The van der Waals surface area contributed by atoms with Crippen molar-refractivity contribution in [1.82, 2.24) is 24.9 Å². The molecule has 0 spiro atoms. The van der Waals surface area contributed by atoms with Crippen LogP contribution in [-0.2, 0) is 25.4 Å². The lowest BCUT2D eigenvalue weighted by Crippen LogP contribution is -2.18. The second-order valence-corrected chi connectivity index (χ2v) is 7.89. The standard InChI is InChI=1S/C18H26N6O/c1-11(2)7-13-8-12(23-25-13)9-19-15-14-10-20-24(6)16(14)22-17(21-15)18(3,4)5/h8,10-11H,7,9H2,1-6H3,(H,19,21,22). The second-order valence-electron chi connectivity index (χ2n) is 7.89. The third kappa shape index (κ3) is 3.81. The van der Waals surface area contributed by atoms with Crippen LogP contribution in [0.2, 0.25) is 0 Å². The minimum absolute atomic E-state index is 0.146. The van der Waals surface area contributed by atoms with Gasteiger partial charge in [0.15, 0.2) is 5.65 Å². The Balaban J connectivity index is 1.86. The van der Waals surface area contributed by atoms with Crippen molar-refractivity contribution in [2.45, 2.75) is 53.0 Å². The monoisotopic (exact) mass is 342 g/mol. The van der Waals surface area contributed by atoms with E-state index in [1.165, 1.54) is 0 Å². The molecular formula is C18H26N6O. The number of aromatic nitrogens is 5. The van der Waals surface area contributed by atoms with Crippen molar-refractivity contribution in [3.63, 3.8) is 0 Å². The molecule has 25 heavy (non-hydrogen) atoms. The maximum atomic E-state index is 5.39. The van der Waals surface area contributed by atoms with Crippen LogP contribution in [-0.4, -0.2) is 24.9 Å². The lowest BCUT2D eigenvalue weighted by atomic mass is 9.95. The Hall–Kier alpha value is -2.44. The predicted molar refractivity (Wildman–Crippen MR) is 97.4 cm³/mol. The molecule has 3 aromatic heterocycles. The molecule has 0 saturated carbocycles. The first-order valence-electron chi connectivity index (χ1n) is 8.62. The van der Waals surface area contributed by atoms with Gasteiger partial charge in [-0.15, -0.1) is 0 Å². The molecule has 0 saturated heterocycles. The molecule has 0 radical (unpaired) electrons. The van der Waals surface area contributed by atoms with Gasteiger partial charge in [-0.25, -0.2) is 9.97 Å². The summed E-state index contributed by atoms with van der Waals surface area (Å²) in [5.41, 5.74) is 1.54. The molecule has 0 aromatic carbocycles. The maximum Gasteiger partial charge on any atom is 0.163 e. The third-order valence-electron chi connectivity index (χ3n) is 3.92. The fourth-order valence-electron chi connectivity index (χ4n) is 2.60. The molecule has 0 aliphatic carbocycles. The van der Waals surface area contributed by atoms with Crippen LogP contribution in [0.5, 0.6) is 0 Å². The quantitative estimate of drug-likeness (QED) is 0.765. The Labute approximate surface area is 147 Å². The van der Waals surface area contributed by atoms with Gasteiger partial charge >= 0.3 is 0 Å². The highest BCUT2D eigenvalue weighted by molar-refractivity contribution is 5.86. The van der Waals surface area contributed by atoms with E-state index in [1.54, 1.807) is 10.9 Å². The number of nitrogens with one attached hydrogen (secondary N) is 1. The van der Waals surface area contributed by atoms with Crippen LogP contribution >= 0.6 is 0 Å². The van der Waals surface area contributed by atoms with E-state index >= 15 is 0 Å². The van der Waals surface area contributed by atoms with Crippen molar-refractivity contribution in [2.75, 3.05) is 5.32 Å². The van der Waals surface area contributed by atoms with Crippen LogP contribution in [0.4, 0.5) is 5.82 Å². The van der Waals surface area contributed by atoms with Gasteiger partial charge in [0.2, 0.25) is 0 Å². The van der Waals surface area contributed by atoms with E-state index in [0.717, 1.165) is 40.6 Å². The molecule has 7 nitrogen and oxygen atoms in total. The highest BCUT2D eigenvalue weighted by Gasteiger charge is 2.21. The number of rotatable bonds is 5. The van der Waals surface area contributed by atoms with E-state index < -0.39 is 0 Å². The summed E-state index contributed by atoms with van der Waals surface area (Å²) < 4.78 is 7.17. The molecule has 0 aliphatic rings. The number of hydrogen-bond donors (Lipinski definition) is 1. The van der Waals surface area contributed by atoms with E-state index in [2.05, 4.69) is 55.2 Å².